The van der Waals surface area contributed by atoms with Gasteiger partial charge in [0.05, 0.1) is 6.04 Å². The molecule has 0 aromatic heterocycles. The van der Waals surface area contributed by atoms with Crippen LogP contribution >= 0.6 is 0 Å². The van der Waals surface area contributed by atoms with E-state index in [9.17, 15) is 9.18 Å². The summed E-state index contributed by atoms with van der Waals surface area (Å²) in [6.07, 6.45) is 2.28. The van der Waals surface area contributed by atoms with Crippen LogP contribution in [0.2, 0.25) is 0 Å². The van der Waals surface area contributed by atoms with Crippen LogP contribution in [0.3, 0.4) is 0 Å². The van der Waals surface area contributed by atoms with E-state index in [1.807, 2.05) is 13.0 Å². The maximum absolute atomic E-state index is 13.9. The summed E-state index contributed by atoms with van der Waals surface area (Å²) >= 11 is 0. The molecule has 0 aliphatic carbocycles. The molecular weight excluding hydrogens is 243 g/mol. The van der Waals surface area contributed by atoms with Gasteiger partial charge in [-0.1, -0.05) is 38.5 Å². The van der Waals surface area contributed by atoms with Crippen LogP contribution in [-0.4, -0.2) is 23.4 Å². The third-order valence-electron chi connectivity index (χ3n) is 3.49. The lowest BCUT2D eigenvalue weighted by molar-refractivity contribution is -0.130. The second-order valence-electron chi connectivity index (χ2n) is 4.96. The minimum atomic E-state index is -0.329. The van der Waals surface area contributed by atoms with Gasteiger partial charge in [0.1, 0.15) is 12.0 Å². The Morgan fingerprint density at radius 1 is 1.26 bits per heavy atom. The van der Waals surface area contributed by atoms with E-state index in [0.29, 0.717) is 12.1 Å². The average molecular weight is 264 g/mol. The molecule has 19 heavy (non-hydrogen) atoms. The topological polar surface area (TPSA) is 32.3 Å². The van der Waals surface area contributed by atoms with Crippen molar-refractivity contribution in [1.29, 1.82) is 0 Å². The Labute approximate surface area is 113 Å². The summed E-state index contributed by atoms with van der Waals surface area (Å²) in [6.45, 7) is 4.74. The molecule has 104 valence electrons. The van der Waals surface area contributed by atoms with Crippen molar-refractivity contribution in [1.82, 2.24) is 10.2 Å². The predicted molar refractivity (Wildman–Crippen MR) is 73.0 cm³/mol. The third kappa shape index (κ3) is 2.78. The standard InChI is InChI=1S/C15H21FN2O/c1-3-7-13-15(19)18(10-4-2)14(17-13)11-8-5-6-9-12(11)16/h5-6,8-9,13-14,17H,3-4,7,10H2,1-2H3. The van der Waals surface area contributed by atoms with Crippen LogP contribution < -0.4 is 5.32 Å². The highest BCUT2D eigenvalue weighted by atomic mass is 19.1. The molecule has 0 saturated carbocycles. The second-order valence-corrected chi connectivity index (χ2v) is 4.96. The van der Waals surface area contributed by atoms with Crippen molar-refractivity contribution in [2.24, 2.45) is 0 Å². The van der Waals surface area contributed by atoms with Gasteiger partial charge >= 0.3 is 0 Å². The van der Waals surface area contributed by atoms with Crippen LogP contribution in [0.1, 0.15) is 44.8 Å². The quantitative estimate of drug-likeness (QED) is 0.887. The highest BCUT2D eigenvalue weighted by Gasteiger charge is 2.39. The van der Waals surface area contributed by atoms with Gasteiger partial charge < -0.3 is 4.90 Å². The number of nitrogens with one attached hydrogen (secondary N) is 1. The van der Waals surface area contributed by atoms with Gasteiger partial charge in [0, 0.05) is 12.1 Å². The second kappa shape index (κ2) is 6.15. The van der Waals surface area contributed by atoms with Crippen molar-refractivity contribution in [2.75, 3.05) is 6.54 Å². The molecule has 0 bridgehead atoms. The van der Waals surface area contributed by atoms with E-state index in [2.05, 4.69) is 12.2 Å². The molecule has 1 heterocycles. The van der Waals surface area contributed by atoms with Crippen molar-refractivity contribution in [3.05, 3.63) is 35.6 Å². The van der Waals surface area contributed by atoms with Crippen LogP contribution in [0.5, 0.6) is 0 Å². The molecule has 0 spiro atoms. The Hall–Kier alpha value is -1.42. The molecule has 2 atom stereocenters. The average Bonchev–Trinajstić information content (AvgIpc) is 2.69. The summed E-state index contributed by atoms with van der Waals surface area (Å²) in [7, 11) is 0. The first-order chi connectivity index (χ1) is 9.19. The van der Waals surface area contributed by atoms with E-state index in [0.717, 1.165) is 19.3 Å². The summed E-state index contributed by atoms with van der Waals surface area (Å²) in [5.41, 5.74) is 0.558. The summed E-state index contributed by atoms with van der Waals surface area (Å²) < 4.78 is 13.9. The van der Waals surface area contributed by atoms with Crippen molar-refractivity contribution >= 4 is 5.91 Å². The fourth-order valence-corrected chi connectivity index (χ4v) is 2.61. The van der Waals surface area contributed by atoms with Crippen molar-refractivity contribution < 1.29 is 9.18 Å². The molecule has 1 amide bonds. The Morgan fingerprint density at radius 3 is 2.63 bits per heavy atom. The molecule has 1 N–H and O–H groups in total. The maximum atomic E-state index is 13.9. The molecular formula is C15H21FN2O. The number of carbonyl (C=O) groups excluding carboxylic acids is 1. The summed E-state index contributed by atoms with van der Waals surface area (Å²) in [5.74, 6) is -0.164. The highest BCUT2D eigenvalue weighted by Crippen LogP contribution is 2.28. The first kappa shape index (κ1) is 14.0. The fourth-order valence-electron chi connectivity index (χ4n) is 2.61. The van der Waals surface area contributed by atoms with Gasteiger partial charge in [-0.2, -0.15) is 0 Å². The lowest BCUT2D eigenvalue weighted by Gasteiger charge is -2.24. The SMILES string of the molecule is CCCC1NC(c2ccccc2F)N(CCC)C1=O. The molecule has 1 fully saturated rings. The van der Waals surface area contributed by atoms with Crippen molar-refractivity contribution in [3.63, 3.8) is 0 Å². The Bertz CT molecular complexity index is 450. The van der Waals surface area contributed by atoms with E-state index < -0.39 is 0 Å². The monoisotopic (exact) mass is 264 g/mol. The highest BCUT2D eigenvalue weighted by molar-refractivity contribution is 5.84. The van der Waals surface area contributed by atoms with Crippen LogP contribution in [0.25, 0.3) is 0 Å². The molecule has 1 saturated heterocycles. The Morgan fingerprint density at radius 2 is 2.00 bits per heavy atom. The lowest BCUT2D eigenvalue weighted by atomic mass is 10.1. The molecule has 1 aromatic carbocycles. The summed E-state index contributed by atoms with van der Waals surface area (Å²) in [5, 5.41) is 3.27. The number of carbonyl (C=O) groups is 1. The molecule has 2 rings (SSSR count). The van der Waals surface area contributed by atoms with Gasteiger partial charge in [-0.15, -0.1) is 0 Å². The number of rotatable bonds is 5. The number of hydrogen-bond donors (Lipinski definition) is 1. The molecule has 3 nitrogen and oxygen atoms in total. The van der Waals surface area contributed by atoms with Crippen LogP contribution in [-0.2, 0) is 4.79 Å². The third-order valence-corrected chi connectivity index (χ3v) is 3.49. The van der Waals surface area contributed by atoms with E-state index >= 15 is 0 Å². The predicted octanol–water partition coefficient (Wildman–Crippen LogP) is 2.83. The zero-order chi connectivity index (χ0) is 13.8. The number of halogens is 1. The van der Waals surface area contributed by atoms with E-state index in [1.165, 1.54) is 6.07 Å². The summed E-state index contributed by atoms with van der Waals surface area (Å²) in [6, 6.07) is 6.49. The maximum Gasteiger partial charge on any atom is 0.241 e. The van der Waals surface area contributed by atoms with E-state index in [4.69, 9.17) is 0 Å². The van der Waals surface area contributed by atoms with Crippen molar-refractivity contribution in [2.45, 2.75) is 45.3 Å². The van der Waals surface area contributed by atoms with Crippen LogP contribution in [0.15, 0.2) is 24.3 Å². The molecule has 1 aliphatic rings. The Balaban J connectivity index is 2.27. The van der Waals surface area contributed by atoms with E-state index in [-0.39, 0.29) is 23.9 Å². The molecule has 0 radical (unpaired) electrons. The number of amides is 1. The number of nitrogens with zero attached hydrogens (tertiary/aromatic N) is 1. The largest absolute Gasteiger partial charge is 0.321 e. The smallest absolute Gasteiger partial charge is 0.241 e. The van der Waals surface area contributed by atoms with Gasteiger partial charge in [-0.25, -0.2) is 4.39 Å². The molecule has 1 aromatic rings. The zero-order valence-corrected chi connectivity index (χ0v) is 11.5. The van der Waals surface area contributed by atoms with Crippen molar-refractivity contribution in [3.8, 4) is 0 Å². The minimum absolute atomic E-state index is 0.0944. The van der Waals surface area contributed by atoms with Gasteiger partial charge in [-0.3, -0.25) is 10.1 Å². The number of benzene rings is 1. The van der Waals surface area contributed by atoms with Gasteiger partial charge in [0.2, 0.25) is 5.91 Å². The van der Waals surface area contributed by atoms with Gasteiger partial charge in [-0.05, 0) is 18.9 Å². The lowest BCUT2D eigenvalue weighted by Crippen LogP contribution is -2.32. The first-order valence-corrected chi connectivity index (χ1v) is 7.00. The molecule has 2 unspecified atom stereocenters. The van der Waals surface area contributed by atoms with Gasteiger partial charge in [0.15, 0.2) is 0 Å². The molecule has 1 aliphatic heterocycles. The number of hydrogen-bond acceptors (Lipinski definition) is 2. The first-order valence-electron chi connectivity index (χ1n) is 7.00. The fraction of sp³-hybridized carbons (Fsp3) is 0.533. The summed E-state index contributed by atoms with van der Waals surface area (Å²) in [4.78, 5) is 14.1. The normalized spacial score (nSPS) is 23.1. The van der Waals surface area contributed by atoms with Gasteiger partial charge in [0.25, 0.3) is 0 Å². The Kier molecular flexibility index (Phi) is 4.53. The van der Waals surface area contributed by atoms with Crippen LogP contribution in [0, 0.1) is 5.82 Å². The zero-order valence-electron chi connectivity index (χ0n) is 11.5. The molecule has 4 heteroatoms. The van der Waals surface area contributed by atoms with Crippen LogP contribution in [0.4, 0.5) is 4.39 Å². The minimum Gasteiger partial charge on any atom is -0.321 e. The van der Waals surface area contributed by atoms with E-state index in [1.54, 1.807) is 17.0 Å².